The number of anilines is 1. The van der Waals surface area contributed by atoms with Crippen molar-refractivity contribution in [3.63, 3.8) is 0 Å². The van der Waals surface area contributed by atoms with Gasteiger partial charge in [0.05, 0.1) is 11.7 Å². The molecule has 0 saturated heterocycles. The Morgan fingerprint density at radius 1 is 1.17 bits per heavy atom. The highest BCUT2D eigenvalue weighted by Gasteiger charge is 2.15. The van der Waals surface area contributed by atoms with E-state index in [-0.39, 0.29) is 18.0 Å². The van der Waals surface area contributed by atoms with Gasteiger partial charge in [-0.3, -0.25) is 14.2 Å². The maximum Gasteiger partial charge on any atom is 0.263 e. The van der Waals surface area contributed by atoms with Crippen LogP contribution in [-0.4, -0.2) is 15.5 Å². The second-order valence-corrected chi connectivity index (χ2v) is 7.87. The fourth-order valence-corrected chi connectivity index (χ4v) is 4.25. The number of nitrogens with zero attached hydrogens (tertiary/aromatic N) is 2. The summed E-state index contributed by atoms with van der Waals surface area (Å²) in [6.07, 6.45) is 2.24. The number of benzene rings is 2. The van der Waals surface area contributed by atoms with Crippen LogP contribution in [-0.2, 0) is 17.8 Å². The fraction of sp³-hybridized carbons (Fsp3) is 0.136. The number of rotatable bonds is 5. The van der Waals surface area contributed by atoms with Crippen molar-refractivity contribution in [3.8, 4) is 11.1 Å². The number of aromatic nitrogens is 2. The Kier molecular flexibility index (Phi) is 5.47. The van der Waals surface area contributed by atoms with Gasteiger partial charge in [0.1, 0.15) is 11.4 Å². The van der Waals surface area contributed by atoms with Crippen molar-refractivity contribution >= 4 is 44.7 Å². The first-order valence-electron chi connectivity index (χ1n) is 9.17. The molecule has 2 heterocycles. The summed E-state index contributed by atoms with van der Waals surface area (Å²) in [7, 11) is 0. The first kappa shape index (κ1) is 19.4. The molecule has 0 spiro atoms. The molecule has 0 saturated carbocycles. The molecule has 4 rings (SSSR count). The van der Waals surface area contributed by atoms with Gasteiger partial charge in [-0.15, -0.1) is 11.3 Å². The highest BCUT2D eigenvalue weighted by atomic mass is 35.5. The lowest BCUT2D eigenvalue weighted by Gasteiger charge is -2.11. The molecule has 29 heavy (non-hydrogen) atoms. The van der Waals surface area contributed by atoms with Crippen molar-refractivity contribution in [3.05, 3.63) is 81.2 Å². The van der Waals surface area contributed by atoms with Gasteiger partial charge in [0.15, 0.2) is 0 Å². The molecule has 0 bridgehead atoms. The maximum absolute atomic E-state index is 13.1. The predicted molar refractivity (Wildman–Crippen MR) is 119 cm³/mol. The molecule has 0 atom stereocenters. The van der Waals surface area contributed by atoms with Gasteiger partial charge in [-0.25, -0.2) is 4.98 Å². The molecule has 146 valence electrons. The van der Waals surface area contributed by atoms with E-state index in [0.717, 1.165) is 28.8 Å². The Balaban J connectivity index is 1.65. The number of amides is 1. The Bertz CT molecular complexity index is 1250. The molecule has 0 aliphatic carbocycles. The molecule has 0 aliphatic rings. The number of fused-ring (bicyclic) bond motifs is 1. The average molecular weight is 424 g/mol. The normalized spacial score (nSPS) is 11.0. The van der Waals surface area contributed by atoms with E-state index < -0.39 is 0 Å². The molecule has 4 aromatic rings. The third-order valence-corrected chi connectivity index (χ3v) is 5.84. The Morgan fingerprint density at radius 2 is 1.93 bits per heavy atom. The lowest BCUT2D eigenvalue weighted by atomic mass is 10.1. The summed E-state index contributed by atoms with van der Waals surface area (Å²) < 4.78 is 1.35. The molecule has 5 nitrogen and oxygen atoms in total. The Hall–Kier alpha value is -2.96. The van der Waals surface area contributed by atoms with Crippen LogP contribution >= 0.6 is 22.9 Å². The molecule has 1 amide bonds. The second-order valence-electron chi connectivity index (χ2n) is 6.57. The zero-order chi connectivity index (χ0) is 20.4. The highest BCUT2D eigenvalue weighted by molar-refractivity contribution is 7.17. The molecule has 0 fully saturated rings. The largest absolute Gasteiger partial charge is 0.324 e. The van der Waals surface area contributed by atoms with E-state index >= 15 is 0 Å². The topological polar surface area (TPSA) is 64.0 Å². The average Bonchev–Trinajstić information content (AvgIpc) is 3.16. The van der Waals surface area contributed by atoms with Crippen LogP contribution in [0.15, 0.2) is 65.0 Å². The van der Waals surface area contributed by atoms with Crippen LogP contribution in [0.25, 0.3) is 21.3 Å². The van der Waals surface area contributed by atoms with Crippen molar-refractivity contribution in [2.45, 2.75) is 19.9 Å². The zero-order valence-corrected chi connectivity index (χ0v) is 17.3. The van der Waals surface area contributed by atoms with E-state index in [4.69, 9.17) is 11.6 Å². The lowest BCUT2D eigenvalue weighted by molar-refractivity contribution is -0.116. The Labute approximate surface area is 176 Å². The number of hydrogen-bond donors (Lipinski definition) is 1. The van der Waals surface area contributed by atoms with Crippen LogP contribution in [0.1, 0.15) is 12.5 Å². The van der Waals surface area contributed by atoms with E-state index in [1.165, 1.54) is 22.2 Å². The quantitative estimate of drug-likeness (QED) is 0.492. The number of para-hydroxylation sites is 1. The summed E-state index contributed by atoms with van der Waals surface area (Å²) in [6, 6.07) is 15.0. The summed E-state index contributed by atoms with van der Waals surface area (Å²) in [5.74, 6) is -0.266. The summed E-state index contributed by atoms with van der Waals surface area (Å²) in [6.45, 7) is 1.93. The van der Waals surface area contributed by atoms with E-state index in [2.05, 4.69) is 10.3 Å². The minimum absolute atomic E-state index is 0.101. The molecule has 0 radical (unpaired) electrons. The summed E-state index contributed by atoms with van der Waals surface area (Å²) in [5, 5.41) is 5.95. The molecule has 1 N–H and O–H groups in total. The summed E-state index contributed by atoms with van der Waals surface area (Å²) in [5.41, 5.74) is 3.26. The van der Waals surface area contributed by atoms with E-state index in [0.29, 0.717) is 15.2 Å². The third-order valence-electron chi connectivity index (χ3n) is 4.70. The number of hydrogen-bond acceptors (Lipinski definition) is 4. The molecule has 2 aromatic carbocycles. The second kappa shape index (κ2) is 8.19. The van der Waals surface area contributed by atoms with Gasteiger partial charge in [-0.05, 0) is 35.7 Å². The van der Waals surface area contributed by atoms with Gasteiger partial charge in [0.2, 0.25) is 5.91 Å². The van der Waals surface area contributed by atoms with Crippen molar-refractivity contribution in [2.75, 3.05) is 5.32 Å². The van der Waals surface area contributed by atoms with Crippen LogP contribution in [0.5, 0.6) is 0 Å². The molecular formula is C22H18ClN3O2S. The van der Waals surface area contributed by atoms with Gasteiger partial charge in [-0.1, -0.05) is 48.9 Å². The maximum atomic E-state index is 13.1. The smallest absolute Gasteiger partial charge is 0.263 e. The number of nitrogens with one attached hydrogen (secondary N) is 1. The number of carbonyl (C=O) groups is 1. The molecular weight excluding hydrogens is 406 g/mol. The van der Waals surface area contributed by atoms with E-state index in [1.54, 1.807) is 12.1 Å². The number of aryl methyl sites for hydroxylation is 1. The molecule has 0 unspecified atom stereocenters. The number of carbonyl (C=O) groups excluding carboxylic acids is 1. The first-order valence-corrected chi connectivity index (χ1v) is 10.4. The SMILES string of the molecule is CCc1ccccc1NC(=O)Cn1cnc2scc(-c3ccc(Cl)cc3)c2c1=O. The summed E-state index contributed by atoms with van der Waals surface area (Å²) >= 11 is 7.38. The molecule has 7 heteroatoms. The number of halogens is 1. The van der Waals surface area contributed by atoms with Crippen molar-refractivity contribution < 1.29 is 4.79 Å². The minimum atomic E-state index is -0.266. The number of thiophene rings is 1. The van der Waals surface area contributed by atoms with Crippen LogP contribution in [0, 0.1) is 0 Å². The van der Waals surface area contributed by atoms with Crippen molar-refractivity contribution in [2.24, 2.45) is 0 Å². The van der Waals surface area contributed by atoms with Crippen LogP contribution in [0.3, 0.4) is 0 Å². The van der Waals surface area contributed by atoms with Gasteiger partial charge < -0.3 is 5.32 Å². The van der Waals surface area contributed by atoms with Crippen LogP contribution in [0.4, 0.5) is 5.69 Å². The molecule has 0 aliphatic heterocycles. The van der Waals surface area contributed by atoms with Gasteiger partial charge in [0.25, 0.3) is 5.56 Å². The third kappa shape index (κ3) is 3.95. The fourth-order valence-electron chi connectivity index (χ4n) is 3.22. The first-order chi connectivity index (χ1) is 14.1. The highest BCUT2D eigenvalue weighted by Crippen LogP contribution is 2.31. The van der Waals surface area contributed by atoms with Gasteiger partial charge in [0, 0.05) is 21.7 Å². The van der Waals surface area contributed by atoms with Gasteiger partial charge >= 0.3 is 0 Å². The van der Waals surface area contributed by atoms with Crippen LogP contribution in [0.2, 0.25) is 5.02 Å². The predicted octanol–water partition coefficient (Wildman–Crippen LogP) is 4.98. The minimum Gasteiger partial charge on any atom is -0.324 e. The monoisotopic (exact) mass is 423 g/mol. The van der Waals surface area contributed by atoms with E-state index in [1.807, 2.05) is 48.7 Å². The standard InChI is InChI=1S/C22H18ClN3O2S/c1-2-14-5-3-4-6-18(14)25-19(27)11-26-13-24-21-20(22(26)28)17(12-29-21)15-7-9-16(23)10-8-15/h3-10,12-13H,2,11H2,1H3,(H,25,27). The van der Waals surface area contributed by atoms with Crippen molar-refractivity contribution in [1.82, 2.24) is 9.55 Å². The van der Waals surface area contributed by atoms with E-state index in [9.17, 15) is 9.59 Å². The lowest BCUT2D eigenvalue weighted by Crippen LogP contribution is -2.28. The summed E-state index contributed by atoms with van der Waals surface area (Å²) in [4.78, 5) is 30.7. The Morgan fingerprint density at radius 3 is 2.69 bits per heavy atom. The van der Waals surface area contributed by atoms with Crippen LogP contribution < -0.4 is 10.9 Å². The van der Waals surface area contributed by atoms with Gasteiger partial charge in [-0.2, -0.15) is 0 Å². The molecule has 2 aromatic heterocycles. The zero-order valence-electron chi connectivity index (χ0n) is 15.7. The van der Waals surface area contributed by atoms with Crippen molar-refractivity contribution in [1.29, 1.82) is 0 Å².